The van der Waals surface area contributed by atoms with E-state index in [0.717, 1.165) is 32.1 Å². The molecule has 6 atom stereocenters. The van der Waals surface area contributed by atoms with Crippen molar-refractivity contribution in [1.29, 1.82) is 5.26 Å². The fraction of sp³-hybridized carbons (Fsp3) is 0.889. The number of hydrogen-bond acceptors (Lipinski definition) is 4. The number of amides is 1. The second-order valence-electron chi connectivity index (χ2n) is 8.88. The molecule has 23 heavy (non-hydrogen) atoms. The monoisotopic (exact) mass is 317 g/mol. The van der Waals surface area contributed by atoms with Gasteiger partial charge in [0.1, 0.15) is 6.04 Å². The van der Waals surface area contributed by atoms with Gasteiger partial charge in [0.25, 0.3) is 0 Å². The summed E-state index contributed by atoms with van der Waals surface area (Å²) in [6, 6.07) is 0.0609. The molecule has 0 aromatic carbocycles. The zero-order valence-electron chi connectivity index (χ0n) is 15.2. The molecule has 4 bridgehead atoms. The Morgan fingerprint density at radius 1 is 1.35 bits per heavy atom. The zero-order chi connectivity index (χ0) is 17.8. The molecule has 5 heteroatoms. The number of nitrogens with two attached hydrogens (primary N) is 1. The summed E-state index contributed by atoms with van der Waals surface area (Å²) in [5.74, 6) is 0.380. The van der Waals surface area contributed by atoms with Gasteiger partial charge in [0.2, 0.25) is 5.91 Å². The van der Waals surface area contributed by atoms with E-state index in [1.54, 1.807) is 0 Å². The molecule has 124 valence electrons. The minimum atomic E-state index is -1.64. The van der Waals surface area contributed by atoms with Crippen LogP contribution in [-0.4, -0.2) is 39.6 Å². The van der Waals surface area contributed by atoms with Crippen molar-refractivity contribution in [3.05, 3.63) is 0 Å². The predicted molar refractivity (Wildman–Crippen MR) is 82.8 cm³/mol. The molecule has 0 aromatic heterocycles. The Hall–Kier alpha value is -1.12. The van der Waals surface area contributed by atoms with Gasteiger partial charge in [0.15, 0.2) is 0 Å². The van der Waals surface area contributed by atoms with E-state index in [4.69, 9.17) is 8.48 Å². The number of carbonyl (C=O) groups excluding carboxylic acids is 1. The number of nitrogens with zero attached hydrogens (tertiary/aromatic N) is 2. The van der Waals surface area contributed by atoms with Gasteiger partial charge in [-0.1, -0.05) is 0 Å². The third kappa shape index (κ3) is 1.88. The van der Waals surface area contributed by atoms with Crippen molar-refractivity contribution in [3.63, 3.8) is 0 Å². The quantitative estimate of drug-likeness (QED) is 0.799. The van der Waals surface area contributed by atoms with Crippen molar-refractivity contribution in [1.82, 2.24) is 4.90 Å². The predicted octanol–water partition coefficient (Wildman–Crippen LogP) is 1.16. The molecule has 6 fully saturated rings. The van der Waals surface area contributed by atoms with Crippen molar-refractivity contribution in [3.8, 4) is 6.07 Å². The van der Waals surface area contributed by atoms with E-state index in [1.165, 1.54) is 4.90 Å². The minimum Gasteiger partial charge on any atom is -0.390 e. The van der Waals surface area contributed by atoms with E-state index in [-0.39, 0.29) is 23.3 Å². The topological polar surface area (TPSA) is 90.3 Å². The summed E-state index contributed by atoms with van der Waals surface area (Å²) in [6.07, 6.45) is 4.10. The molecular formula is C18H25N3O2. The molecule has 5 aliphatic carbocycles. The minimum absolute atomic E-state index is 0.171. The molecule has 3 N–H and O–H groups in total. The van der Waals surface area contributed by atoms with E-state index in [2.05, 4.69) is 0 Å². The van der Waals surface area contributed by atoms with E-state index in [9.17, 15) is 15.2 Å². The van der Waals surface area contributed by atoms with Crippen LogP contribution in [0.2, 0.25) is 0 Å². The highest BCUT2D eigenvalue weighted by Gasteiger charge is 2.62. The third-order valence-electron chi connectivity index (χ3n) is 7.14. The number of likely N-dealkylation sites (tertiary alicyclic amines) is 1. The molecule has 6 aliphatic rings. The van der Waals surface area contributed by atoms with E-state index in [0.29, 0.717) is 24.7 Å². The average molecular weight is 317 g/mol. The van der Waals surface area contributed by atoms with Gasteiger partial charge in [-0.05, 0) is 74.5 Å². The summed E-state index contributed by atoms with van der Waals surface area (Å²) in [4.78, 5) is 14.7. The van der Waals surface area contributed by atoms with Crippen molar-refractivity contribution in [2.45, 2.75) is 75.0 Å². The summed E-state index contributed by atoms with van der Waals surface area (Å²) in [5.41, 5.74) is 5.45. The lowest BCUT2D eigenvalue weighted by molar-refractivity contribution is -0.177. The lowest BCUT2D eigenvalue weighted by atomic mass is 9.46. The molecule has 1 amide bonds. The van der Waals surface area contributed by atoms with Crippen LogP contribution in [0.4, 0.5) is 0 Å². The highest BCUT2D eigenvalue weighted by molar-refractivity contribution is 5.84. The van der Waals surface area contributed by atoms with Crippen molar-refractivity contribution in [2.24, 2.45) is 28.9 Å². The smallest absolute Gasteiger partial charge is 0.241 e. The molecule has 0 spiro atoms. The summed E-state index contributed by atoms with van der Waals surface area (Å²) in [5, 5.41) is 20.4. The summed E-state index contributed by atoms with van der Waals surface area (Å²) in [6.45, 7) is 0. The van der Waals surface area contributed by atoms with Gasteiger partial charge < -0.3 is 15.7 Å². The summed E-state index contributed by atoms with van der Waals surface area (Å²) < 4.78 is 16.4. The number of hydrogen-bond donors (Lipinski definition) is 2. The number of aliphatic hydroxyl groups is 1. The first-order valence-electron chi connectivity index (χ1n) is 9.89. The van der Waals surface area contributed by atoms with Gasteiger partial charge in [0.05, 0.1) is 17.7 Å². The lowest BCUT2D eigenvalue weighted by Crippen LogP contribution is -2.64. The maximum Gasteiger partial charge on any atom is 0.241 e. The van der Waals surface area contributed by atoms with Crippen LogP contribution >= 0.6 is 0 Å². The van der Waals surface area contributed by atoms with E-state index >= 15 is 0 Å². The number of fused-ring (bicyclic) bond motifs is 1. The number of piperidine rings is 1. The molecular weight excluding hydrogens is 290 g/mol. The molecule has 5 nitrogen and oxygen atoms in total. The van der Waals surface area contributed by atoms with E-state index in [1.807, 2.05) is 6.07 Å². The Kier molecular flexibility index (Phi) is 2.29. The fourth-order valence-electron chi connectivity index (χ4n) is 6.60. The first-order valence-corrected chi connectivity index (χ1v) is 8.89. The number of carbonyl (C=O) groups is 1. The Balaban J connectivity index is 1.44. The fourth-order valence-corrected chi connectivity index (χ4v) is 6.60. The van der Waals surface area contributed by atoms with Gasteiger partial charge >= 0.3 is 0 Å². The van der Waals surface area contributed by atoms with Crippen LogP contribution in [0.5, 0.6) is 0 Å². The van der Waals surface area contributed by atoms with Crippen LogP contribution in [0.1, 0.15) is 54.1 Å². The summed E-state index contributed by atoms with van der Waals surface area (Å²) >= 11 is 0. The van der Waals surface area contributed by atoms with Crippen LogP contribution in [0.15, 0.2) is 0 Å². The largest absolute Gasteiger partial charge is 0.390 e. The number of rotatable bonds is 2. The Bertz CT molecular complexity index is 676. The van der Waals surface area contributed by atoms with Crippen LogP contribution in [0, 0.1) is 34.5 Å². The maximum atomic E-state index is 13.3. The molecule has 1 heterocycles. The summed E-state index contributed by atoms with van der Waals surface area (Å²) in [7, 11) is 0. The van der Waals surface area contributed by atoms with Crippen molar-refractivity contribution < 1.29 is 12.6 Å². The van der Waals surface area contributed by atoms with Gasteiger partial charge in [-0.25, -0.2) is 0 Å². The third-order valence-corrected chi connectivity index (χ3v) is 7.14. The highest BCUT2D eigenvalue weighted by Crippen LogP contribution is 2.63. The van der Waals surface area contributed by atoms with Crippen LogP contribution in [-0.2, 0) is 4.79 Å². The van der Waals surface area contributed by atoms with E-state index < -0.39 is 24.1 Å². The average Bonchev–Trinajstić information content (AvgIpc) is 3.25. The van der Waals surface area contributed by atoms with Crippen LogP contribution < -0.4 is 5.73 Å². The Morgan fingerprint density at radius 2 is 2.04 bits per heavy atom. The normalized spacial score (nSPS) is 57.3. The molecule has 0 aromatic rings. The van der Waals surface area contributed by atoms with Crippen molar-refractivity contribution in [2.75, 3.05) is 0 Å². The molecule has 0 radical (unpaired) electrons. The zero-order valence-corrected chi connectivity index (χ0v) is 13.2. The molecule has 5 saturated carbocycles. The van der Waals surface area contributed by atoms with Gasteiger partial charge in [-0.15, -0.1) is 0 Å². The van der Waals surface area contributed by atoms with Crippen LogP contribution in [0.25, 0.3) is 0 Å². The first-order chi connectivity index (χ1) is 11.7. The SMILES string of the molecule is [2H]C1([2H])[C@@H]2C[C@@H]2N(C(=O)[C@@H](N)C23CC4CC(CC(O)(C4)C2)C3)[C@@H]1C#N. The lowest BCUT2D eigenvalue weighted by Gasteiger charge is -2.61. The van der Waals surface area contributed by atoms with Gasteiger partial charge in [-0.2, -0.15) is 5.26 Å². The molecule has 6 rings (SSSR count). The number of nitriles is 1. The van der Waals surface area contributed by atoms with Crippen molar-refractivity contribution >= 4 is 5.91 Å². The standard InChI is InChI=1S/C18H25N3O2/c19-8-13-2-12-3-14(12)21(13)16(22)15(20)17-4-10-1-11(5-17)7-18(23,6-10)9-17/h10-15,23H,1-7,9,20H2/t10?,11?,12-,13+,14+,15-,17?,18?/m1/s1/i2D2. The molecule has 1 aliphatic heterocycles. The van der Waals surface area contributed by atoms with Gasteiger partial charge in [-0.3, -0.25) is 4.79 Å². The second-order valence-corrected chi connectivity index (χ2v) is 8.88. The Morgan fingerprint density at radius 3 is 2.65 bits per heavy atom. The maximum absolute atomic E-state index is 13.3. The van der Waals surface area contributed by atoms with Crippen LogP contribution in [0.3, 0.4) is 0 Å². The first kappa shape index (κ1) is 12.3. The van der Waals surface area contributed by atoms with Gasteiger partial charge in [0, 0.05) is 8.78 Å². The molecule has 1 saturated heterocycles. The second kappa shape index (κ2) is 4.29. The highest BCUT2D eigenvalue weighted by atomic mass is 16.3. The molecule has 2 unspecified atom stereocenters. The Labute approximate surface area is 139 Å².